The summed E-state index contributed by atoms with van der Waals surface area (Å²) in [5.74, 6) is 0.00726. The molecule has 0 aliphatic carbocycles. The third-order valence-electron chi connectivity index (χ3n) is 2.43. The van der Waals surface area contributed by atoms with Gasteiger partial charge in [0.15, 0.2) is 0 Å². The van der Waals surface area contributed by atoms with Crippen LogP contribution in [-0.2, 0) is 4.79 Å². The molecule has 0 aliphatic heterocycles. The Balaban J connectivity index is 2.49. The number of nitrogens with one attached hydrogen (secondary N) is 2. The summed E-state index contributed by atoms with van der Waals surface area (Å²) in [5.41, 5.74) is 0.840. The summed E-state index contributed by atoms with van der Waals surface area (Å²) >= 11 is 0. The van der Waals surface area contributed by atoms with Crippen LogP contribution in [0.1, 0.15) is 46.2 Å². The summed E-state index contributed by atoms with van der Waals surface area (Å²) in [4.78, 5) is 11.9. The number of hydrogen-bond donors (Lipinski definition) is 2. The van der Waals surface area contributed by atoms with Crippen molar-refractivity contribution in [3.63, 3.8) is 0 Å². The lowest BCUT2D eigenvalue weighted by molar-refractivity contribution is -0.124. The predicted octanol–water partition coefficient (Wildman–Crippen LogP) is 2.23. The van der Waals surface area contributed by atoms with E-state index in [1.807, 2.05) is 40.7 Å². The number of amides is 1. The van der Waals surface area contributed by atoms with Crippen LogP contribution in [0.3, 0.4) is 0 Å². The van der Waals surface area contributed by atoms with Gasteiger partial charge in [-0.15, -0.1) is 0 Å². The van der Waals surface area contributed by atoms with Gasteiger partial charge in [-0.1, -0.05) is 0 Å². The summed E-state index contributed by atoms with van der Waals surface area (Å²) in [6.07, 6.45) is 3.32. The highest BCUT2D eigenvalue weighted by atomic mass is 16.3. The highest BCUT2D eigenvalue weighted by molar-refractivity contribution is 5.81. The van der Waals surface area contributed by atoms with Gasteiger partial charge in [0, 0.05) is 17.1 Å². The second-order valence-electron chi connectivity index (χ2n) is 5.41. The first-order valence-electron chi connectivity index (χ1n) is 5.90. The lowest BCUT2D eigenvalue weighted by atomic mass is 10.1. The third kappa shape index (κ3) is 4.61. The monoisotopic (exact) mass is 238 g/mol. The van der Waals surface area contributed by atoms with E-state index in [0.29, 0.717) is 0 Å². The molecule has 2 unspecified atom stereocenters. The van der Waals surface area contributed by atoms with Crippen molar-refractivity contribution in [2.75, 3.05) is 0 Å². The Hall–Kier alpha value is -1.29. The Morgan fingerprint density at radius 1 is 1.35 bits per heavy atom. The zero-order valence-electron chi connectivity index (χ0n) is 11.2. The van der Waals surface area contributed by atoms with E-state index in [-0.39, 0.29) is 23.5 Å². The Bertz CT molecular complexity index is 352. The van der Waals surface area contributed by atoms with E-state index < -0.39 is 0 Å². The van der Waals surface area contributed by atoms with Crippen LogP contribution < -0.4 is 10.6 Å². The minimum Gasteiger partial charge on any atom is -0.472 e. The molecule has 2 N–H and O–H groups in total. The lowest BCUT2D eigenvalue weighted by Crippen LogP contribution is -2.49. The van der Waals surface area contributed by atoms with Gasteiger partial charge in [-0.2, -0.15) is 0 Å². The van der Waals surface area contributed by atoms with Crippen molar-refractivity contribution in [1.29, 1.82) is 0 Å². The fourth-order valence-electron chi connectivity index (χ4n) is 1.55. The predicted molar refractivity (Wildman–Crippen MR) is 67.6 cm³/mol. The molecule has 0 saturated carbocycles. The molecule has 96 valence electrons. The van der Waals surface area contributed by atoms with Crippen LogP contribution in [0, 0.1) is 0 Å². The van der Waals surface area contributed by atoms with E-state index in [1.165, 1.54) is 0 Å². The molecule has 0 aromatic carbocycles. The van der Waals surface area contributed by atoms with Gasteiger partial charge in [0.1, 0.15) is 0 Å². The molecule has 0 bridgehead atoms. The van der Waals surface area contributed by atoms with Crippen molar-refractivity contribution >= 4 is 5.91 Å². The zero-order valence-corrected chi connectivity index (χ0v) is 11.2. The molecule has 0 saturated heterocycles. The number of rotatable bonds is 4. The molecule has 1 aromatic heterocycles. The van der Waals surface area contributed by atoms with Crippen molar-refractivity contribution < 1.29 is 9.21 Å². The number of furan rings is 1. The second-order valence-corrected chi connectivity index (χ2v) is 5.41. The van der Waals surface area contributed by atoms with Crippen molar-refractivity contribution in [2.45, 2.75) is 52.2 Å². The maximum Gasteiger partial charge on any atom is 0.237 e. The van der Waals surface area contributed by atoms with Gasteiger partial charge >= 0.3 is 0 Å². The van der Waals surface area contributed by atoms with Crippen LogP contribution in [-0.4, -0.2) is 17.5 Å². The molecule has 1 rings (SSSR count). The van der Waals surface area contributed by atoms with Gasteiger partial charge in [-0.25, -0.2) is 0 Å². The minimum atomic E-state index is -0.237. The van der Waals surface area contributed by atoms with Crippen LogP contribution in [0.5, 0.6) is 0 Å². The third-order valence-corrected chi connectivity index (χ3v) is 2.43. The van der Waals surface area contributed by atoms with Crippen LogP contribution in [0.15, 0.2) is 23.0 Å². The summed E-state index contributed by atoms with van der Waals surface area (Å²) < 4.78 is 5.02. The lowest BCUT2D eigenvalue weighted by Gasteiger charge is -2.25. The molecular weight excluding hydrogens is 216 g/mol. The Morgan fingerprint density at radius 2 is 2.00 bits per heavy atom. The Kier molecular flexibility index (Phi) is 4.34. The molecule has 17 heavy (non-hydrogen) atoms. The standard InChI is InChI=1S/C13H22N2O2/c1-9(11-6-7-17-8-11)14-10(2)12(16)15-13(3,4)5/h6-10,14H,1-5H3,(H,15,16). The largest absolute Gasteiger partial charge is 0.472 e. The highest BCUT2D eigenvalue weighted by Crippen LogP contribution is 2.13. The molecule has 1 aromatic rings. The molecular formula is C13H22N2O2. The fraction of sp³-hybridized carbons (Fsp3) is 0.615. The molecule has 0 aliphatic rings. The molecule has 0 radical (unpaired) electrons. The second kappa shape index (κ2) is 5.36. The molecule has 1 amide bonds. The number of carbonyl (C=O) groups excluding carboxylic acids is 1. The van der Waals surface area contributed by atoms with Crippen molar-refractivity contribution in [3.8, 4) is 0 Å². The molecule has 0 spiro atoms. The van der Waals surface area contributed by atoms with Gasteiger partial charge in [-0.3, -0.25) is 10.1 Å². The molecule has 0 fully saturated rings. The Morgan fingerprint density at radius 3 is 2.47 bits per heavy atom. The van der Waals surface area contributed by atoms with E-state index in [0.717, 1.165) is 5.56 Å². The van der Waals surface area contributed by atoms with Crippen LogP contribution in [0.4, 0.5) is 0 Å². The number of carbonyl (C=O) groups is 1. The highest BCUT2D eigenvalue weighted by Gasteiger charge is 2.20. The van der Waals surface area contributed by atoms with Gasteiger partial charge in [0.05, 0.1) is 18.6 Å². The normalized spacial score (nSPS) is 15.4. The van der Waals surface area contributed by atoms with Gasteiger partial charge < -0.3 is 9.73 Å². The van der Waals surface area contributed by atoms with Gasteiger partial charge in [0.25, 0.3) is 0 Å². The maximum atomic E-state index is 11.9. The van der Waals surface area contributed by atoms with Crippen molar-refractivity contribution in [3.05, 3.63) is 24.2 Å². The minimum absolute atomic E-state index is 0.00726. The summed E-state index contributed by atoms with van der Waals surface area (Å²) in [5, 5.41) is 6.18. The van der Waals surface area contributed by atoms with Gasteiger partial charge in [-0.05, 0) is 40.7 Å². The maximum absolute atomic E-state index is 11.9. The topological polar surface area (TPSA) is 54.3 Å². The van der Waals surface area contributed by atoms with E-state index in [9.17, 15) is 4.79 Å². The summed E-state index contributed by atoms with van der Waals surface area (Å²) in [6, 6.07) is 1.75. The SMILES string of the molecule is CC(NC(C)c1ccoc1)C(=O)NC(C)(C)C. The molecule has 2 atom stereocenters. The van der Waals surface area contributed by atoms with Crippen molar-refractivity contribution in [1.82, 2.24) is 10.6 Å². The molecule has 4 nitrogen and oxygen atoms in total. The van der Waals surface area contributed by atoms with Crippen LogP contribution in [0.2, 0.25) is 0 Å². The summed E-state index contributed by atoms with van der Waals surface area (Å²) in [6.45, 7) is 9.77. The quantitative estimate of drug-likeness (QED) is 0.845. The smallest absolute Gasteiger partial charge is 0.237 e. The van der Waals surface area contributed by atoms with E-state index in [1.54, 1.807) is 12.5 Å². The zero-order chi connectivity index (χ0) is 13.1. The first-order chi connectivity index (χ1) is 7.79. The van der Waals surface area contributed by atoms with Crippen LogP contribution >= 0.6 is 0 Å². The number of hydrogen-bond acceptors (Lipinski definition) is 3. The van der Waals surface area contributed by atoms with E-state index in [4.69, 9.17) is 4.42 Å². The van der Waals surface area contributed by atoms with Crippen molar-refractivity contribution in [2.24, 2.45) is 0 Å². The molecule has 1 heterocycles. The Labute approximate surface area is 103 Å². The molecule has 4 heteroatoms. The van der Waals surface area contributed by atoms with Gasteiger partial charge in [0.2, 0.25) is 5.91 Å². The first-order valence-corrected chi connectivity index (χ1v) is 5.90. The van der Waals surface area contributed by atoms with E-state index >= 15 is 0 Å². The van der Waals surface area contributed by atoms with E-state index in [2.05, 4.69) is 10.6 Å². The first kappa shape index (κ1) is 13.8. The average molecular weight is 238 g/mol. The summed E-state index contributed by atoms with van der Waals surface area (Å²) in [7, 11) is 0. The fourth-order valence-corrected chi connectivity index (χ4v) is 1.55. The average Bonchev–Trinajstić information content (AvgIpc) is 2.67. The van der Waals surface area contributed by atoms with Crippen LogP contribution in [0.25, 0.3) is 0 Å².